The van der Waals surface area contributed by atoms with Gasteiger partial charge in [-0.1, -0.05) is 50.2 Å². The zero-order valence-corrected chi connectivity index (χ0v) is 12.1. The monoisotopic (exact) mass is 267 g/mol. The number of hydrogen-bond acceptors (Lipinski definition) is 2. The number of aromatic nitrogens is 1. The lowest BCUT2D eigenvalue weighted by Gasteiger charge is -2.03. The van der Waals surface area contributed by atoms with E-state index in [0.717, 1.165) is 16.9 Å². The fourth-order valence-corrected chi connectivity index (χ4v) is 3.23. The van der Waals surface area contributed by atoms with Crippen LogP contribution in [0.3, 0.4) is 0 Å². The Morgan fingerprint density at radius 1 is 1.05 bits per heavy atom. The molecule has 0 aliphatic carbocycles. The highest BCUT2D eigenvalue weighted by Gasteiger charge is 2.07. The summed E-state index contributed by atoms with van der Waals surface area (Å²) in [6.45, 7) is 4.50. The Morgan fingerprint density at radius 3 is 2.58 bits per heavy atom. The smallest absolute Gasteiger partial charge is 0.124 e. The van der Waals surface area contributed by atoms with Crippen molar-refractivity contribution >= 4 is 21.6 Å². The molecule has 0 saturated carbocycles. The fraction of sp³-hybridized carbons (Fsp3) is 0.235. The molecule has 2 heteroatoms. The SMILES string of the molecule is CC(C)Cc1ccc2sc(-c3ccccc3)nc2c1. The first-order valence-electron chi connectivity index (χ1n) is 6.67. The molecule has 3 aromatic rings. The molecule has 0 aliphatic heterocycles. The predicted octanol–water partition coefficient (Wildman–Crippen LogP) is 5.16. The molecular formula is C17H17NS. The molecule has 1 heterocycles. The molecule has 19 heavy (non-hydrogen) atoms. The van der Waals surface area contributed by atoms with Crippen LogP contribution in [0.15, 0.2) is 48.5 Å². The Hall–Kier alpha value is -1.67. The van der Waals surface area contributed by atoms with Crippen molar-refractivity contribution in [1.82, 2.24) is 4.98 Å². The van der Waals surface area contributed by atoms with E-state index < -0.39 is 0 Å². The average Bonchev–Trinajstić information content (AvgIpc) is 2.82. The summed E-state index contributed by atoms with van der Waals surface area (Å²) in [5.74, 6) is 0.685. The zero-order chi connectivity index (χ0) is 13.2. The summed E-state index contributed by atoms with van der Waals surface area (Å²) in [7, 11) is 0. The van der Waals surface area contributed by atoms with Gasteiger partial charge in [0.2, 0.25) is 0 Å². The van der Waals surface area contributed by atoms with Crippen LogP contribution < -0.4 is 0 Å². The molecule has 0 radical (unpaired) electrons. The quantitative estimate of drug-likeness (QED) is 0.638. The number of rotatable bonds is 3. The standard InChI is InChI=1S/C17H17NS/c1-12(2)10-13-8-9-16-15(11-13)18-17(19-16)14-6-4-3-5-7-14/h3-9,11-12H,10H2,1-2H3. The summed E-state index contributed by atoms with van der Waals surface area (Å²) in [5.41, 5.74) is 3.71. The lowest BCUT2D eigenvalue weighted by Crippen LogP contribution is -1.93. The van der Waals surface area contributed by atoms with Crippen molar-refractivity contribution < 1.29 is 0 Å². The van der Waals surface area contributed by atoms with Crippen molar-refractivity contribution in [2.45, 2.75) is 20.3 Å². The van der Waals surface area contributed by atoms with Crippen LogP contribution in [0.25, 0.3) is 20.8 Å². The van der Waals surface area contributed by atoms with E-state index in [4.69, 9.17) is 4.98 Å². The molecule has 0 atom stereocenters. The minimum Gasteiger partial charge on any atom is -0.236 e. The highest BCUT2D eigenvalue weighted by molar-refractivity contribution is 7.21. The number of fused-ring (bicyclic) bond motifs is 1. The van der Waals surface area contributed by atoms with E-state index in [-0.39, 0.29) is 0 Å². The van der Waals surface area contributed by atoms with Gasteiger partial charge in [-0.2, -0.15) is 0 Å². The van der Waals surface area contributed by atoms with Crippen molar-refractivity contribution in [2.24, 2.45) is 5.92 Å². The van der Waals surface area contributed by atoms with Gasteiger partial charge >= 0.3 is 0 Å². The highest BCUT2D eigenvalue weighted by atomic mass is 32.1. The van der Waals surface area contributed by atoms with Crippen molar-refractivity contribution in [3.05, 3.63) is 54.1 Å². The van der Waals surface area contributed by atoms with Crippen molar-refractivity contribution in [3.8, 4) is 10.6 Å². The third-order valence-electron chi connectivity index (χ3n) is 3.12. The van der Waals surface area contributed by atoms with E-state index in [2.05, 4.69) is 56.3 Å². The Labute approximate surface area is 117 Å². The largest absolute Gasteiger partial charge is 0.236 e. The van der Waals surface area contributed by atoms with Crippen molar-refractivity contribution in [3.63, 3.8) is 0 Å². The maximum Gasteiger partial charge on any atom is 0.124 e. The summed E-state index contributed by atoms with van der Waals surface area (Å²) < 4.78 is 1.27. The third kappa shape index (κ3) is 2.69. The topological polar surface area (TPSA) is 12.9 Å². The Kier molecular flexibility index (Phi) is 3.34. The van der Waals surface area contributed by atoms with Gasteiger partial charge in [0.15, 0.2) is 0 Å². The van der Waals surface area contributed by atoms with Gasteiger partial charge in [-0.25, -0.2) is 4.98 Å². The number of hydrogen-bond donors (Lipinski definition) is 0. The Balaban J connectivity index is 2.01. The van der Waals surface area contributed by atoms with Crippen LogP contribution in [-0.4, -0.2) is 4.98 Å². The first-order chi connectivity index (χ1) is 9.22. The molecule has 0 N–H and O–H groups in total. The summed E-state index contributed by atoms with van der Waals surface area (Å²) in [4.78, 5) is 4.77. The van der Waals surface area contributed by atoms with Gasteiger partial charge in [0, 0.05) is 5.56 Å². The van der Waals surface area contributed by atoms with Gasteiger partial charge in [-0.3, -0.25) is 0 Å². The summed E-state index contributed by atoms with van der Waals surface area (Å²) in [6, 6.07) is 17.1. The predicted molar refractivity (Wildman–Crippen MR) is 83.6 cm³/mol. The Morgan fingerprint density at radius 2 is 1.84 bits per heavy atom. The molecule has 0 spiro atoms. The van der Waals surface area contributed by atoms with E-state index in [0.29, 0.717) is 5.92 Å². The molecule has 96 valence electrons. The first-order valence-corrected chi connectivity index (χ1v) is 7.49. The van der Waals surface area contributed by atoms with Gasteiger partial charge in [-0.15, -0.1) is 11.3 Å². The normalized spacial score (nSPS) is 11.3. The van der Waals surface area contributed by atoms with Gasteiger partial charge in [-0.05, 0) is 30.0 Å². The van der Waals surface area contributed by atoms with E-state index in [1.54, 1.807) is 11.3 Å². The number of nitrogens with zero attached hydrogens (tertiary/aromatic N) is 1. The molecule has 0 unspecified atom stereocenters. The summed E-state index contributed by atoms with van der Waals surface area (Å²) >= 11 is 1.77. The third-order valence-corrected chi connectivity index (χ3v) is 4.20. The number of thiazole rings is 1. The molecule has 3 rings (SSSR count). The fourth-order valence-electron chi connectivity index (χ4n) is 2.28. The van der Waals surface area contributed by atoms with E-state index in [1.165, 1.54) is 15.8 Å². The molecule has 0 aliphatic rings. The van der Waals surface area contributed by atoms with Crippen LogP contribution in [0.5, 0.6) is 0 Å². The van der Waals surface area contributed by atoms with Gasteiger partial charge < -0.3 is 0 Å². The second kappa shape index (κ2) is 5.14. The second-order valence-corrected chi connectivity index (χ2v) is 6.32. The van der Waals surface area contributed by atoms with Crippen LogP contribution in [0.1, 0.15) is 19.4 Å². The van der Waals surface area contributed by atoms with Crippen molar-refractivity contribution in [1.29, 1.82) is 0 Å². The summed E-state index contributed by atoms with van der Waals surface area (Å²) in [5, 5.41) is 1.11. The first kappa shape index (κ1) is 12.4. The number of benzene rings is 2. The van der Waals surface area contributed by atoms with E-state index in [1.807, 2.05) is 6.07 Å². The molecule has 0 amide bonds. The van der Waals surface area contributed by atoms with Crippen LogP contribution in [-0.2, 0) is 6.42 Å². The van der Waals surface area contributed by atoms with Gasteiger partial charge in [0.05, 0.1) is 10.2 Å². The average molecular weight is 267 g/mol. The molecule has 0 saturated heterocycles. The van der Waals surface area contributed by atoms with Crippen LogP contribution in [0.2, 0.25) is 0 Å². The lowest BCUT2D eigenvalue weighted by atomic mass is 10.0. The maximum absolute atomic E-state index is 4.77. The Bertz CT molecular complexity index is 683. The van der Waals surface area contributed by atoms with Crippen LogP contribution >= 0.6 is 11.3 Å². The molecule has 0 bridgehead atoms. The summed E-state index contributed by atoms with van der Waals surface area (Å²) in [6.07, 6.45) is 1.12. The van der Waals surface area contributed by atoms with Crippen molar-refractivity contribution in [2.75, 3.05) is 0 Å². The van der Waals surface area contributed by atoms with Crippen LogP contribution in [0.4, 0.5) is 0 Å². The second-order valence-electron chi connectivity index (χ2n) is 5.29. The van der Waals surface area contributed by atoms with Crippen LogP contribution in [0, 0.1) is 5.92 Å². The van der Waals surface area contributed by atoms with Gasteiger partial charge in [0.1, 0.15) is 5.01 Å². The minimum atomic E-state index is 0.685. The maximum atomic E-state index is 4.77. The van der Waals surface area contributed by atoms with E-state index in [9.17, 15) is 0 Å². The molecule has 1 aromatic heterocycles. The van der Waals surface area contributed by atoms with Gasteiger partial charge in [0.25, 0.3) is 0 Å². The van der Waals surface area contributed by atoms with E-state index >= 15 is 0 Å². The minimum absolute atomic E-state index is 0.685. The molecule has 2 aromatic carbocycles. The molecule has 0 fully saturated rings. The zero-order valence-electron chi connectivity index (χ0n) is 11.3. The highest BCUT2D eigenvalue weighted by Crippen LogP contribution is 2.30. The molecule has 1 nitrogen and oxygen atoms in total. The lowest BCUT2D eigenvalue weighted by molar-refractivity contribution is 0.648. The molecular weight excluding hydrogens is 250 g/mol.